The van der Waals surface area contributed by atoms with Crippen molar-refractivity contribution in [2.75, 3.05) is 17.3 Å². The first kappa shape index (κ1) is 33.0. The summed E-state index contributed by atoms with van der Waals surface area (Å²) in [6.07, 6.45) is -6.68. The van der Waals surface area contributed by atoms with Crippen molar-refractivity contribution in [1.29, 1.82) is 0 Å². The number of carbonyl (C=O) groups excluding carboxylic acids is 2. The number of amides is 3. The Kier molecular flexibility index (Phi) is 9.50. The standard InChI is InChI=1S/C29H21F6N7O4S/c1-17-2-11-23(45-15-28(30,31)32)22(12-17)42-24(43)14-47-27(42)38-26(44)39-37-13-18-3-5-19(6-4-18)25-36-16-41(40-25)20-7-9-21(10-8-20)46-29(33,34)35/h2-13,16H,14-15H2,1H3,(H,39,44)/b37-13+,38-27?. The van der Waals surface area contributed by atoms with Crippen molar-refractivity contribution in [2.24, 2.45) is 10.1 Å². The number of aliphatic imine (C=N–C) groups is 1. The Balaban J connectivity index is 1.21. The second kappa shape index (κ2) is 13.5. The number of thioether (sulfide) groups is 1. The lowest BCUT2D eigenvalue weighted by molar-refractivity contribution is -0.274. The third-order valence-corrected chi connectivity index (χ3v) is 7.00. The number of hydrogen-bond donors (Lipinski definition) is 1. The van der Waals surface area contributed by atoms with Crippen LogP contribution in [0.25, 0.3) is 17.1 Å². The number of alkyl halides is 6. The van der Waals surface area contributed by atoms with Crippen LogP contribution in [0.1, 0.15) is 11.1 Å². The number of aromatic nitrogens is 3. The van der Waals surface area contributed by atoms with Crippen LogP contribution in [0.15, 0.2) is 83.2 Å². The predicted octanol–water partition coefficient (Wildman–Crippen LogP) is 6.26. The van der Waals surface area contributed by atoms with E-state index in [0.29, 0.717) is 28.2 Å². The molecule has 1 saturated heterocycles. The molecular weight excluding hydrogens is 656 g/mol. The van der Waals surface area contributed by atoms with Crippen LogP contribution in [0.2, 0.25) is 0 Å². The molecule has 0 spiro atoms. The number of carbonyl (C=O) groups is 2. The first-order chi connectivity index (χ1) is 22.2. The summed E-state index contributed by atoms with van der Waals surface area (Å²) in [5.41, 5.74) is 4.52. The molecular formula is C29H21F6N7O4S. The van der Waals surface area contributed by atoms with E-state index in [2.05, 4.69) is 30.3 Å². The van der Waals surface area contributed by atoms with Gasteiger partial charge in [0.05, 0.1) is 23.3 Å². The predicted molar refractivity (Wildman–Crippen MR) is 160 cm³/mol. The van der Waals surface area contributed by atoms with E-state index in [1.807, 2.05) is 0 Å². The Morgan fingerprint density at radius 1 is 1.04 bits per heavy atom. The number of nitrogens with zero attached hydrogens (tertiary/aromatic N) is 6. The molecule has 1 aliphatic rings. The molecule has 1 fully saturated rings. The average molecular weight is 678 g/mol. The number of amidine groups is 1. The molecule has 3 aromatic carbocycles. The van der Waals surface area contributed by atoms with E-state index in [1.165, 1.54) is 47.6 Å². The van der Waals surface area contributed by atoms with E-state index in [4.69, 9.17) is 4.74 Å². The number of urea groups is 1. The van der Waals surface area contributed by atoms with Crippen LogP contribution in [-0.2, 0) is 4.79 Å². The Bertz CT molecular complexity index is 1820. The van der Waals surface area contributed by atoms with Crippen LogP contribution in [0.4, 0.5) is 36.8 Å². The summed E-state index contributed by atoms with van der Waals surface area (Å²) in [4.78, 5) is 34.2. The number of nitrogens with one attached hydrogen (secondary N) is 1. The van der Waals surface area contributed by atoms with Crippen molar-refractivity contribution in [2.45, 2.75) is 19.5 Å². The molecule has 11 nitrogen and oxygen atoms in total. The Morgan fingerprint density at radius 3 is 2.45 bits per heavy atom. The molecule has 0 atom stereocenters. The van der Waals surface area contributed by atoms with Gasteiger partial charge in [0.2, 0.25) is 5.91 Å². The highest BCUT2D eigenvalue weighted by atomic mass is 32.2. The molecule has 5 rings (SSSR count). The highest BCUT2D eigenvalue weighted by molar-refractivity contribution is 8.15. The molecule has 244 valence electrons. The van der Waals surface area contributed by atoms with E-state index in [9.17, 15) is 35.9 Å². The van der Waals surface area contributed by atoms with Crippen LogP contribution in [-0.4, -0.2) is 63.0 Å². The molecule has 0 saturated carbocycles. The normalized spacial score (nSPS) is 14.7. The highest BCUT2D eigenvalue weighted by Crippen LogP contribution is 2.36. The molecule has 1 aliphatic heterocycles. The van der Waals surface area contributed by atoms with Gasteiger partial charge in [-0.25, -0.2) is 19.9 Å². The minimum absolute atomic E-state index is 0.0205. The summed E-state index contributed by atoms with van der Waals surface area (Å²) in [6, 6.07) is 15.1. The molecule has 2 heterocycles. The van der Waals surface area contributed by atoms with Crippen molar-refractivity contribution < 1.29 is 45.4 Å². The molecule has 0 radical (unpaired) electrons. The first-order valence-electron chi connectivity index (χ1n) is 13.3. The number of halogens is 6. The van der Waals surface area contributed by atoms with E-state index >= 15 is 0 Å². The summed E-state index contributed by atoms with van der Waals surface area (Å²) in [5, 5.41) is 8.12. The Hall–Kier alpha value is -5.39. The molecule has 0 unspecified atom stereocenters. The van der Waals surface area contributed by atoms with Gasteiger partial charge in [0.25, 0.3) is 0 Å². The summed E-state index contributed by atoms with van der Waals surface area (Å²) in [5.74, 6) is -0.826. The number of benzene rings is 3. The van der Waals surface area contributed by atoms with Gasteiger partial charge in [0.1, 0.15) is 17.8 Å². The zero-order valence-corrected chi connectivity index (χ0v) is 24.7. The largest absolute Gasteiger partial charge is 0.573 e. The van der Waals surface area contributed by atoms with Crippen LogP contribution in [0.5, 0.6) is 11.5 Å². The van der Waals surface area contributed by atoms with Gasteiger partial charge >= 0.3 is 18.6 Å². The highest BCUT2D eigenvalue weighted by Gasteiger charge is 2.34. The van der Waals surface area contributed by atoms with Gasteiger partial charge in [-0.1, -0.05) is 42.1 Å². The van der Waals surface area contributed by atoms with Gasteiger partial charge < -0.3 is 9.47 Å². The third kappa shape index (κ3) is 8.87. The van der Waals surface area contributed by atoms with Crippen molar-refractivity contribution in [3.63, 3.8) is 0 Å². The first-order valence-corrected chi connectivity index (χ1v) is 14.3. The monoisotopic (exact) mass is 677 g/mol. The minimum Gasteiger partial charge on any atom is -0.482 e. The van der Waals surface area contributed by atoms with Gasteiger partial charge in [-0.3, -0.25) is 9.69 Å². The maximum absolute atomic E-state index is 12.8. The maximum atomic E-state index is 12.8. The lowest BCUT2D eigenvalue weighted by atomic mass is 10.1. The van der Waals surface area contributed by atoms with Gasteiger partial charge in [-0.2, -0.15) is 23.3 Å². The van der Waals surface area contributed by atoms with Crippen molar-refractivity contribution >= 4 is 40.8 Å². The Labute approximate surface area is 265 Å². The lowest BCUT2D eigenvalue weighted by Gasteiger charge is -2.20. The molecule has 18 heteroatoms. The van der Waals surface area contributed by atoms with Crippen molar-refractivity contribution in [1.82, 2.24) is 20.2 Å². The molecule has 3 amide bonds. The number of ether oxygens (including phenoxy) is 2. The summed E-state index contributed by atoms with van der Waals surface area (Å²) in [6.45, 7) is 0.115. The molecule has 0 aliphatic carbocycles. The fourth-order valence-corrected chi connectivity index (χ4v) is 4.94. The van der Waals surface area contributed by atoms with Crippen molar-refractivity contribution in [3.8, 4) is 28.6 Å². The smallest absolute Gasteiger partial charge is 0.482 e. The van der Waals surface area contributed by atoms with Crippen LogP contribution in [0, 0.1) is 6.92 Å². The van der Waals surface area contributed by atoms with E-state index in [0.717, 1.165) is 28.8 Å². The lowest BCUT2D eigenvalue weighted by Crippen LogP contribution is -2.31. The Morgan fingerprint density at radius 2 is 1.77 bits per heavy atom. The quantitative estimate of drug-likeness (QED) is 0.133. The molecule has 0 bridgehead atoms. The topological polar surface area (TPSA) is 123 Å². The molecule has 1 N–H and O–H groups in total. The average Bonchev–Trinajstić information content (AvgIpc) is 3.63. The SMILES string of the molecule is Cc1ccc(OCC(F)(F)F)c(N2C(=O)CSC2=NC(=O)N/N=C/c2ccc(-c3ncn(-c4ccc(OC(F)(F)F)cc4)n3)cc2)c1. The number of aryl methyl sites for hydroxylation is 1. The minimum atomic E-state index is -4.80. The van der Waals surface area contributed by atoms with Crippen LogP contribution in [0.3, 0.4) is 0 Å². The van der Waals surface area contributed by atoms with E-state index < -0.39 is 31.1 Å². The van der Waals surface area contributed by atoms with Crippen LogP contribution < -0.4 is 19.8 Å². The van der Waals surface area contributed by atoms with E-state index in [-0.39, 0.29) is 28.1 Å². The molecule has 1 aromatic heterocycles. The maximum Gasteiger partial charge on any atom is 0.573 e. The zero-order chi connectivity index (χ0) is 33.8. The number of hydrazone groups is 1. The zero-order valence-electron chi connectivity index (χ0n) is 23.9. The summed E-state index contributed by atoms with van der Waals surface area (Å²) >= 11 is 0.928. The summed E-state index contributed by atoms with van der Waals surface area (Å²) in [7, 11) is 0. The van der Waals surface area contributed by atoms with Gasteiger partial charge in [-0.05, 0) is 54.4 Å². The second-order valence-corrected chi connectivity index (χ2v) is 10.6. The third-order valence-electron chi connectivity index (χ3n) is 6.08. The number of anilines is 1. The van der Waals surface area contributed by atoms with Gasteiger partial charge in [0, 0.05) is 5.56 Å². The fraction of sp³-hybridized carbons (Fsp3) is 0.172. The van der Waals surface area contributed by atoms with Gasteiger partial charge in [0.15, 0.2) is 17.6 Å². The summed E-state index contributed by atoms with van der Waals surface area (Å²) < 4.78 is 85.6. The fourth-order valence-electron chi connectivity index (χ4n) is 4.08. The van der Waals surface area contributed by atoms with Crippen molar-refractivity contribution in [3.05, 3.63) is 84.2 Å². The van der Waals surface area contributed by atoms with Crippen LogP contribution >= 0.6 is 11.8 Å². The number of rotatable bonds is 8. The number of hydrogen-bond acceptors (Lipinski definition) is 8. The second-order valence-electron chi connectivity index (χ2n) is 9.64. The molecule has 4 aromatic rings. The van der Waals surface area contributed by atoms with Gasteiger partial charge in [-0.15, -0.1) is 18.3 Å². The van der Waals surface area contributed by atoms with E-state index in [1.54, 1.807) is 31.2 Å². The molecule has 47 heavy (non-hydrogen) atoms.